The minimum Gasteiger partial charge on any atom is -0.452 e. The number of fused-ring (bicyclic) bond motifs is 1. The number of hydrogen-bond acceptors (Lipinski definition) is 8. The van der Waals surface area contributed by atoms with Crippen LogP contribution in [-0.2, 0) is 14.3 Å². The topological polar surface area (TPSA) is 94.1 Å². The van der Waals surface area contributed by atoms with Gasteiger partial charge in [-0.3, -0.25) is 9.59 Å². The highest BCUT2D eigenvalue weighted by Crippen LogP contribution is 2.27. The first-order chi connectivity index (χ1) is 12.5. The van der Waals surface area contributed by atoms with Gasteiger partial charge in [-0.05, 0) is 30.5 Å². The minimum atomic E-state index is -0.952. The van der Waals surface area contributed by atoms with Crippen LogP contribution in [0.25, 0.3) is 10.2 Å². The number of esters is 1. The summed E-state index contributed by atoms with van der Waals surface area (Å²) in [6, 6.07) is 5.07. The first-order valence-corrected chi connectivity index (χ1v) is 9.70. The predicted molar refractivity (Wildman–Crippen MR) is 102 cm³/mol. The van der Waals surface area contributed by atoms with Crippen LogP contribution in [0.15, 0.2) is 41.1 Å². The summed E-state index contributed by atoms with van der Waals surface area (Å²) in [4.78, 5) is 37.2. The number of thiophene rings is 1. The van der Waals surface area contributed by atoms with Crippen LogP contribution in [0, 0.1) is 0 Å². The van der Waals surface area contributed by atoms with E-state index < -0.39 is 18.0 Å². The Bertz CT molecular complexity index is 933. The first kappa shape index (κ1) is 18.6. The minimum absolute atomic E-state index is 0.0405. The van der Waals surface area contributed by atoms with E-state index in [1.54, 1.807) is 12.1 Å². The number of pyridine rings is 1. The van der Waals surface area contributed by atoms with Crippen LogP contribution >= 0.6 is 34.7 Å². The summed E-state index contributed by atoms with van der Waals surface area (Å²) in [5.41, 5.74) is 0. The summed E-state index contributed by atoms with van der Waals surface area (Å²) in [6.07, 6.45) is 1.92. The van der Waals surface area contributed by atoms with E-state index in [1.807, 2.05) is 11.4 Å². The van der Waals surface area contributed by atoms with Gasteiger partial charge < -0.3 is 10.1 Å². The lowest BCUT2D eigenvalue weighted by atomic mass is 10.3. The summed E-state index contributed by atoms with van der Waals surface area (Å²) in [6.45, 7) is 1.50. The van der Waals surface area contributed by atoms with Crippen molar-refractivity contribution in [3.05, 3.63) is 41.1 Å². The molecule has 3 heterocycles. The summed E-state index contributed by atoms with van der Waals surface area (Å²) < 4.78 is 5.16. The number of ether oxygens (including phenoxy) is 1. The van der Waals surface area contributed by atoms with Crippen molar-refractivity contribution in [2.75, 3.05) is 11.1 Å². The van der Waals surface area contributed by atoms with E-state index in [1.165, 1.54) is 42.5 Å². The third-order valence-electron chi connectivity index (χ3n) is 3.21. The fourth-order valence-electron chi connectivity index (χ4n) is 1.97. The van der Waals surface area contributed by atoms with Crippen LogP contribution < -0.4 is 5.32 Å². The molecule has 0 aromatic carbocycles. The number of carbonyl (C=O) groups excluding carboxylic acids is 2. The van der Waals surface area contributed by atoms with Gasteiger partial charge in [0.25, 0.3) is 5.91 Å². The van der Waals surface area contributed by atoms with Crippen LogP contribution in [0.5, 0.6) is 0 Å². The molecule has 0 saturated carbocycles. The monoisotopic (exact) mass is 408 g/mol. The number of carbonyl (C=O) groups is 2. The molecule has 0 aliphatic heterocycles. The fraction of sp³-hybridized carbons (Fsp3) is 0.188. The van der Waals surface area contributed by atoms with Gasteiger partial charge in [0, 0.05) is 11.6 Å². The van der Waals surface area contributed by atoms with E-state index >= 15 is 0 Å². The van der Waals surface area contributed by atoms with Gasteiger partial charge in [0.05, 0.1) is 10.8 Å². The van der Waals surface area contributed by atoms with Gasteiger partial charge >= 0.3 is 5.97 Å². The molecule has 0 radical (unpaired) electrons. The highest BCUT2D eigenvalue weighted by Gasteiger charge is 2.19. The number of nitrogens with one attached hydrogen (secondary N) is 1. The fourth-order valence-corrected chi connectivity index (χ4v) is 3.65. The highest BCUT2D eigenvalue weighted by atomic mass is 35.5. The molecule has 1 amide bonds. The molecule has 0 saturated heterocycles. The van der Waals surface area contributed by atoms with Crippen molar-refractivity contribution in [1.29, 1.82) is 0 Å². The third-order valence-corrected chi connectivity index (χ3v) is 5.23. The number of amides is 1. The Balaban J connectivity index is 1.51. The van der Waals surface area contributed by atoms with Gasteiger partial charge in [0.1, 0.15) is 22.0 Å². The van der Waals surface area contributed by atoms with Crippen molar-refractivity contribution in [3.8, 4) is 0 Å². The molecule has 1 atom stereocenters. The Kier molecular flexibility index (Phi) is 6.02. The lowest BCUT2D eigenvalue weighted by molar-refractivity contribution is -0.150. The molecule has 0 unspecified atom stereocenters. The average Bonchev–Trinajstić information content (AvgIpc) is 3.11. The lowest BCUT2D eigenvalue weighted by Gasteiger charge is -2.13. The van der Waals surface area contributed by atoms with Gasteiger partial charge in [-0.25, -0.2) is 15.0 Å². The molecule has 26 heavy (non-hydrogen) atoms. The lowest BCUT2D eigenvalue weighted by Crippen LogP contribution is -2.30. The van der Waals surface area contributed by atoms with E-state index in [-0.39, 0.29) is 5.75 Å². The SMILES string of the molecule is C[C@H](OC(=O)CSc1ncnc2sccc12)C(=O)Nc1ccc(Cl)cn1. The molecular weight excluding hydrogens is 396 g/mol. The van der Waals surface area contributed by atoms with Gasteiger partial charge in [-0.2, -0.15) is 0 Å². The van der Waals surface area contributed by atoms with Crippen molar-refractivity contribution in [1.82, 2.24) is 15.0 Å². The van der Waals surface area contributed by atoms with Crippen LogP contribution in [-0.4, -0.2) is 38.7 Å². The van der Waals surface area contributed by atoms with Crippen molar-refractivity contribution >= 4 is 62.6 Å². The summed E-state index contributed by atoms with van der Waals surface area (Å²) in [5, 5.41) is 6.54. The second-order valence-electron chi connectivity index (χ2n) is 5.09. The molecular formula is C16H13ClN4O3S2. The third kappa shape index (κ3) is 4.69. The molecule has 3 aromatic rings. The Morgan fingerprint density at radius 3 is 2.92 bits per heavy atom. The summed E-state index contributed by atoms with van der Waals surface area (Å²) >= 11 is 8.49. The Hall–Kier alpha value is -2.23. The normalized spacial score (nSPS) is 11.9. The van der Waals surface area contributed by atoms with Crippen LogP contribution in [0.3, 0.4) is 0 Å². The van der Waals surface area contributed by atoms with Gasteiger partial charge in [0.15, 0.2) is 6.10 Å². The van der Waals surface area contributed by atoms with Crippen molar-refractivity contribution in [2.24, 2.45) is 0 Å². The molecule has 1 N–H and O–H groups in total. The summed E-state index contributed by atoms with van der Waals surface area (Å²) in [5.74, 6) is -0.611. The van der Waals surface area contributed by atoms with E-state index in [2.05, 4.69) is 20.3 Å². The average molecular weight is 409 g/mol. The second-order valence-corrected chi connectivity index (χ2v) is 7.38. The maximum Gasteiger partial charge on any atom is 0.317 e. The van der Waals surface area contributed by atoms with Crippen LogP contribution in [0.4, 0.5) is 5.82 Å². The number of rotatable bonds is 6. The number of nitrogens with zero attached hydrogens (tertiary/aromatic N) is 3. The second kappa shape index (κ2) is 8.43. The maximum atomic E-state index is 12.1. The molecule has 0 fully saturated rings. The molecule has 0 aliphatic carbocycles. The molecule has 3 rings (SSSR count). The zero-order valence-electron chi connectivity index (χ0n) is 13.5. The van der Waals surface area contributed by atoms with Gasteiger partial charge in [0.2, 0.25) is 0 Å². The molecule has 7 nitrogen and oxygen atoms in total. The largest absolute Gasteiger partial charge is 0.452 e. The number of hydrogen-bond donors (Lipinski definition) is 1. The van der Waals surface area contributed by atoms with Crippen LogP contribution in [0.1, 0.15) is 6.92 Å². The van der Waals surface area contributed by atoms with Crippen molar-refractivity contribution < 1.29 is 14.3 Å². The van der Waals surface area contributed by atoms with Crippen molar-refractivity contribution in [3.63, 3.8) is 0 Å². The standard InChI is InChI=1S/C16H13ClN4O3S2/c1-9(14(23)21-12-3-2-10(17)6-18-12)24-13(22)7-26-16-11-4-5-25-15(11)19-8-20-16/h2-6,8-9H,7H2,1H3,(H,18,21,23)/t9-/m0/s1. The van der Waals surface area contributed by atoms with Gasteiger partial charge in [-0.15, -0.1) is 11.3 Å². The molecule has 0 aliphatic rings. The molecule has 10 heteroatoms. The molecule has 0 bridgehead atoms. The van der Waals surface area contributed by atoms with E-state index in [0.29, 0.717) is 15.9 Å². The molecule has 0 spiro atoms. The number of aromatic nitrogens is 3. The zero-order chi connectivity index (χ0) is 18.5. The number of thioether (sulfide) groups is 1. The summed E-state index contributed by atoms with van der Waals surface area (Å²) in [7, 11) is 0. The number of anilines is 1. The Labute approximate surface area is 162 Å². The van der Waals surface area contributed by atoms with Gasteiger partial charge in [-0.1, -0.05) is 23.4 Å². The van der Waals surface area contributed by atoms with E-state index in [0.717, 1.165) is 10.2 Å². The zero-order valence-corrected chi connectivity index (χ0v) is 15.9. The van der Waals surface area contributed by atoms with Crippen molar-refractivity contribution in [2.45, 2.75) is 18.1 Å². The Morgan fingerprint density at radius 1 is 1.31 bits per heavy atom. The molecule has 134 valence electrons. The van der Waals surface area contributed by atoms with Crippen LogP contribution in [0.2, 0.25) is 5.02 Å². The highest BCUT2D eigenvalue weighted by molar-refractivity contribution is 8.00. The quantitative estimate of drug-likeness (QED) is 0.379. The first-order valence-electron chi connectivity index (χ1n) is 7.46. The number of halogens is 1. The predicted octanol–water partition coefficient (Wildman–Crippen LogP) is 3.40. The van der Waals surface area contributed by atoms with E-state index in [4.69, 9.17) is 16.3 Å². The maximum absolute atomic E-state index is 12.1. The van der Waals surface area contributed by atoms with E-state index in [9.17, 15) is 9.59 Å². The Morgan fingerprint density at radius 2 is 2.15 bits per heavy atom. The molecule has 3 aromatic heterocycles. The smallest absolute Gasteiger partial charge is 0.317 e.